The first-order valence-electron chi connectivity index (χ1n) is 7.29. The van der Waals surface area contributed by atoms with Gasteiger partial charge in [-0.2, -0.15) is 0 Å². The smallest absolute Gasteiger partial charge is 0.251 e. The lowest BCUT2D eigenvalue weighted by molar-refractivity contribution is 0.0916. The predicted molar refractivity (Wildman–Crippen MR) is 82.2 cm³/mol. The molecule has 0 spiro atoms. The Morgan fingerprint density at radius 3 is 2.38 bits per heavy atom. The van der Waals surface area contributed by atoms with Gasteiger partial charge in [0.1, 0.15) is 0 Å². The van der Waals surface area contributed by atoms with Crippen LogP contribution < -0.4 is 10.6 Å². The monoisotopic (exact) mass is 292 g/mol. The summed E-state index contributed by atoms with van der Waals surface area (Å²) in [5.74, 6) is -0.443. The van der Waals surface area contributed by atoms with E-state index in [0.717, 1.165) is 6.42 Å². The molecule has 0 aliphatic heterocycles. The number of amides is 2. The van der Waals surface area contributed by atoms with Gasteiger partial charge in [0.05, 0.1) is 0 Å². The van der Waals surface area contributed by atoms with Gasteiger partial charge in [-0.15, -0.1) is 0 Å². The zero-order valence-electron chi connectivity index (χ0n) is 12.8. The van der Waals surface area contributed by atoms with E-state index in [2.05, 4.69) is 10.6 Å². The second kappa shape index (κ2) is 8.42. The second-order valence-corrected chi connectivity index (χ2v) is 5.26. The fourth-order valence-electron chi connectivity index (χ4n) is 1.73. The Kier molecular flexibility index (Phi) is 6.88. The molecule has 0 aliphatic rings. The molecule has 0 aromatic heterocycles. The fourth-order valence-corrected chi connectivity index (χ4v) is 1.73. The van der Waals surface area contributed by atoms with Crippen molar-refractivity contribution in [2.75, 3.05) is 13.2 Å². The highest BCUT2D eigenvalue weighted by molar-refractivity contribution is 5.99. The maximum atomic E-state index is 12.1. The topological polar surface area (TPSA) is 78.4 Å². The Hall–Kier alpha value is -1.88. The largest absolute Gasteiger partial charge is 0.396 e. The molecule has 0 heterocycles. The van der Waals surface area contributed by atoms with Crippen molar-refractivity contribution in [3.8, 4) is 0 Å². The number of carbonyl (C=O) groups excluding carboxylic acids is 2. The van der Waals surface area contributed by atoms with Crippen molar-refractivity contribution in [1.29, 1.82) is 0 Å². The van der Waals surface area contributed by atoms with Crippen LogP contribution in [0.25, 0.3) is 0 Å². The summed E-state index contributed by atoms with van der Waals surface area (Å²) in [6.45, 7) is 6.31. The summed E-state index contributed by atoms with van der Waals surface area (Å²) in [4.78, 5) is 24.0. The molecule has 5 nitrogen and oxygen atoms in total. The van der Waals surface area contributed by atoms with Gasteiger partial charge in [-0.1, -0.05) is 19.9 Å². The van der Waals surface area contributed by atoms with Gasteiger partial charge in [0.2, 0.25) is 0 Å². The Bertz CT molecular complexity index is 488. The second-order valence-electron chi connectivity index (χ2n) is 5.26. The van der Waals surface area contributed by atoms with E-state index in [-0.39, 0.29) is 30.4 Å². The Morgan fingerprint density at radius 1 is 1.19 bits per heavy atom. The summed E-state index contributed by atoms with van der Waals surface area (Å²) < 4.78 is 0. The molecular formula is C16H24N2O3. The number of hydrogen-bond acceptors (Lipinski definition) is 3. The standard InChI is InChI=1S/C16H24N2O3/c1-4-8-17-15(20)13-6-5-7-14(9-13)16(21)18-12(3)11(2)10-19/h5-7,9,11-12,19H,4,8,10H2,1-3H3,(H,17,20)(H,18,21). The summed E-state index contributed by atoms with van der Waals surface area (Å²) in [6.07, 6.45) is 0.864. The number of aliphatic hydroxyl groups is 1. The van der Waals surface area contributed by atoms with Crippen LogP contribution in [0.5, 0.6) is 0 Å². The summed E-state index contributed by atoms with van der Waals surface area (Å²) >= 11 is 0. The van der Waals surface area contributed by atoms with E-state index in [1.807, 2.05) is 20.8 Å². The van der Waals surface area contributed by atoms with Crippen molar-refractivity contribution in [2.24, 2.45) is 5.92 Å². The normalized spacial score (nSPS) is 13.3. The zero-order valence-corrected chi connectivity index (χ0v) is 12.8. The average molecular weight is 292 g/mol. The predicted octanol–water partition coefficient (Wildman–Crippen LogP) is 1.57. The van der Waals surface area contributed by atoms with E-state index in [0.29, 0.717) is 17.7 Å². The first-order valence-corrected chi connectivity index (χ1v) is 7.29. The lowest BCUT2D eigenvalue weighted by atomic mass is 10.0. The molecule has 2 atom stereocenters. The molecule has 1 aromatic carbocycles. The van der Waals surface area contributed by atoms with E-state index in [9.17, 15) is 9.59 Å². The van der Waals surface area contributed by atoms with Gasteiger partial charge in [-0.3, -0.25) is 9.59 Å². The highest BCUT2D eigenvalue weighted by Gasteiger charge is 2.16. The molecule has 21 heavy (non-hydrogen) atoms. The molecule has 0 saturated carbocycles. The quantitative estimate of drug-likeness (QED) is 0.714. The van der Waals surface area contributed by atoms with Gasteiger partial charge in [-0.05, 0) is 37.5 Å². The lowest BCUT2D eigenvalue weighted by Crippen LogP contribution is -2.38. The summed E-state index contributed by atoms with van der Waals surface area (Å²) in [5, 5.41) is 14.7. The maximum absolute atomic E-state index is 12.1. The van der Waals surface area contributed by atoms with Crippen LogP contribution in [0, 0.1) is 5.92 Å². The van der Waals surface area contributed by atoms with E-state index in [1.54, 1.807) is 24.3 Å². The van der Waals surface area contributed by atoms with E-state index < -0.39 is 0 Å². The molecule has 0 fully saturated rings. The fraction of sp³-hybridized carbons (Fsp3) is 0.500. The van der Waals surface area contributed by atoms with Crippen LogP contribution >= 0.6 is 0 Å². The van der Waals surface area contributed by atoms with Crippen LogP contribution in [0.3, 0.4) is 0 Å². The molecule has 0 aliphatic carbocycles. The first-order chi connectivity index (χ1) is 9.99. The zero-order chi connectivity index (χ0) is 15.8. The lowest BCUT2D eigenvalue weighted by Gasteiger charge is -2.19. The third kappa shape index (κ3) is 5.19. The van der Waals surface area contributed by atoms with Crippen LogP contribution in [0.15, 0.2) is 24.3 Å². The molecule has 0 radical (unpaired) electrons. The molecule has 3 N–H and O–H groups in total. The van der Waals surface area contributed by atoms with Crippen molar-refractivity contribution in [1.82, 2.24) is 10.6 Å². The van der Waals surface area contributed by atoms with Crippen molar-refractivity contribution < 1.29 is 14.7 Å². The maximum Gasteiger partial charge on any atom is 0.251 e. The van der Waals surface area contributed by atoms with E-state index in [1.165, 1.54) is 0 Å². The minimum atomic E-state index is -0.243. The molecular weight excluding hydrogens is 268 g/mol. The van der Waals surface area contributed by atoms with Crippen molar-refractivity contribution in [3.05, 3.63) is 35.4 Å². The molecule has 116 valence electrons. The van der Waals surface area contributed by atoms with Gasteiger partial charge in [0, 0.05) is 30.3 Å². The third-order valence-electron chi connectivity index (χ3n) is 3.42. The molecule has 2 unspecified atom stereocenters. The Labute approximate surface area is 125 Å². The molecule has 0 saturated heterocycles. The first kappa shape index (κ1) is 17.2. The summed E-state index contributed by atoms with van der Waals surface area (Å²) in [5.41, 5.74) is 0.912. The molecule has 2 amide bonds. The molecule has 0 bridgehead atoms. The van der Waals surface area contributed by atoms with Crippen molar-refractivity contribution >= 4 is 11.8 Å². The third-order valence-corrected chi connectivity index (χ3v) is 3.42. The van der Waals surface area contributed by atoms with Crippen LogP contribution in [-0.4, -0.2) is 36.1 Å². The number of carbonyl (C=O) groups is 2. The number of benzene rings is 1. The number of rotatable bonds is 7. The molecule has 1 aromatic rings. The van der Waals surface area contributed by atoms with Crippen LogP contribution in [0.4, 0.5) is 0 Å². The Morgan fingerprint density at radius 2 is 1.81 bits per heavy atom. The SMILES string of the molecule is CCCNC(=O)c1cccc(C(=O)NC(C)C(C)CO)c1. The van der Waals surface area contributed by atoms with E-state index in [4.69, 9.17) is 5.11 Å². The van der Waals surface area contributed by atoms with Crippen molar-refractivity contribution in [3.63, 3.8) is 0 Å². The highest BCUT2D eigenvalue weighted by atomic mass is 16.3. The van der Waals surface area contributed by atoms with Crippen LogP contribution in [0.1, 0.15) is 47.9 Å². The molecule has 1 rings (SSSR count). The molecule has 5 heteroatoms. The van der Waals surface area contributed by atoms with Gasteiger partial charge in [-0.25, -0.2) is 0 Å². The minimum absolute atomic E-state index is 0.0148. The number of nitrogens with one attached hydrogen (secondary N) is 2. The summed E-state index contributed by atoms with van der Waals surface area (Å²) in [6, 6.07) is 6.48. The van der Waals surface area contributed by atoms with Crippen molar-refractivity contribution in [2.45, 2.75) is 33.2 Å². The van der Waals surface area contributed by atoms with Crippen LogP contribution in [-0.2, 0) is 0 Å². The number of aliphatic hydroxyl groups excluding tert-OH is 1. The highest BCUT2D eigenvalue weighted by Crippen LogP contribution is 2.08. The van der Waals surface area contributed by atoms with Gasteiger partial charge in [0.25, 0.3) is 11.8 Å². The van der Waals surface area contributed by atoms with Gasteiger partial charge >= 0.3 is 0 Å². The Balaban J connectivity index is 2.75. The summed E-state index contributed by atoms with van der Waals surface area (Å²) in [7, 11) is 0. The van der Waals surface area contributed by atoms with Gasteiger partial charge < -0.3 is 15.7 Å². The van der Waals surface area contributed by atoms with Gasteiger partial charge in [0.15, 0.2) is 0 Å². The van der Waals surface area contributed by atoms with E-state index >= 15 is 0 Å². The van der Waals surface area contributed by atoms with Crippen LogP contribution in [0.2, 0.25) is 0 Å². The number of hydrogen-bond donors (Lipinski definition) is 3. The average Bonchev–Trinajstić information content (AvgIpc) is 2.51. The minimum Gasteiger partial charge on any atom is -0.396 e.